The molecule has 0 radical (unpaired) electrons. The molecule has 0 aliphatic heterocycles. The van der Waals surface area contributed by atoms with Crippen LogP contribution in [0, 0.1) is 5.92 Å². The molecule has 0 N–H and O–H groups in total. The van der Waals surface area contributed by atoms with Gasteiger partial charge in [0.15, 0.2) is 0 Å². The van der Waals surface area contributed by atoms with E-state index in [1.54, 1.807) is 0 Å². The Balaban J connectivity index is 3.73. The fraction of sp³-hybridized carbons (Fsp3) is 0.900. The molecule has 0 rings (SSSR count). The summed E-state index contributed by atoms with van der Waals surface area (Å²) in [5.41, 5.74) is 16.3. The van der Waals surface area contributed by atoms with Crippen molar-refractivity contribution in [2.24, 2.45) is 16.1 Å². The summed E-state index contributed by atoms with van der Waals surface area (Å²) >= 11 is 5.18. The van der Waals surface area contributed by atoms with Gasteiger partial charge in [-0.15, -0.1) is 0 Å². The number of rotatable bonds is 10. The van der Waals surface area contributed by atoms with Gasteiger partial charge in [-0.05, 0) is 48.0 Å². The monoisotopic (exact) mass is 254 g/mol. The van der Waals surface area contributed by atoms with E-state index in [0.29, 0.717) is 19.0 Å². The molecule has 0 aliphatic rings. The highest BCUT2D eigenvalue weighted by atomic mass is 32.1. The summed E-state index contributed by atoms with van der Waals surface area (Å²) in [5.74, 6) is 0.356. The molecule has 0 aromatic carbocycles. The van der Waals surface area contributed by atoms with E-state index >= 15 is 0 Å². The van der Waals surface area contributed by atoms with Gasteiger partial charge >= 0.3 is 0 Å². The summed E-state index contributed by atoms with van der Waals surface area (Å²) in [6.07, 6.45) is 4.88. The lowest BCUT2D eigenvalue weighted by Gasteiger charge is -2.13. The van der Waals surface area contributed by atoms with Crippen molar-refractivity contribution in [2.75, 3.05) is 13.1 Å². The van der Waals surface area contributed by atoms with Crippen molar-refractivity contribution in [3.05, 3.63) is 20.9 Å². The summed E-state index contributed by atoms with van der Waals surface area (Å²) in [6, 6.07) is 0. The van der Waals surface area contributed by atoms with Crippen LogP contribution in [-0.4, -0.2) is 18.0 Å². The second-order valence-electron chi connectivity index (χ2n) is 3.85. The minimum atomic E-state index is 0.356. The molecule has 0 spiro atoms. The Morgan fingerprint density at radius 1 is 1.06 bits per heavy atom. The SMILES string of the molecule is CC(=S)C(CCCCCN=[N+]=[N-])CCN=[N+]=[N-]. The molecular formula is C10H18N6S. The summed E-state index contributed by atoms with van der Waals surface area (Å²) in [5, 5.41) is 7.01. The van der Waals surface area contributed by atoms with Crippen molar-refractivity contribution in [3.63, 3.8) is 0 Å². The van der Waals surface area contributed by atoms with Gasteiger partial charge in [-0.25, -0.2) is 0 Å². The minimum Gasteiger partial charge on any atom is -0.0940 e. The van der Waals surface area contributed by atoms with Gasteiger partial charge in [0.05, 0.1) is 0 Å². The molecule has 0 aromatic rings. The van der Waals surface area contributed by atoms with E-state index in [2.05, 4.69) is 20.1 Å². The first-order chi connectivity index (χ1) is 8.22. The van der Waals surface area contributed by atoms with Gasteiger partial charge in [0.25, 0.3) is 0 Å². The summed E-state index contributed by atoms with van der Waals surface area (Å²) in [4.78, 5) is 6.42. The van der Waals surface area contributed by atoms with E-state index in [1.165, 1.54) is 0 Å². The van der Waals surface area contributed by atoms with Gasteiger partial charge in [0.1, 0.15) is 0 Å². The second-order valence-corrected chi connectivity index (χ2v) is 4.50. The van der Waals surface area contributed by atoms with Crippen LogP contribution in [0.4, 0.5) is 0 Å². The van der Waals surface area contributed by atoms with Crippen molar-refractivity contribution in [1.82, 2.24) is 0 Å². The first-order valence-corrected chi connectivity index (χ1v) is 6.15. The number of hydrogen-bond donors (Lipinski definition) is 0. The third kappa shape index (κ3) is 9.63. The molecular weight excluding hydrogens is 236 g/mol. The summed E-state index contributed by atoms with van der Waals surface area (Å²) in [6.45, 7) is 3.01. The van der Waals surface area contributed by atoms with Crippen molar-refractivity contribution < 1.29 is 0 Å². The average Bonchev–Trinajstić information content (AvgIpc) is 2.31. The van der Waals surface area contributed by atoms with Crippen LogP contribution in [0.1, 0.15) is 39.0 Å². The molecule has 0 fully saturated rings. The lowest BCUT2D eigenvalue weighted by molar-refractivity contribution is 0.535. The van der Waals surface area contributed by atoms with Crippen molar-refractivity contribution in [2.45, 2.75) is 39.0 Å². The summed E-state index contributed by atoms with van der Waals surface area (Å²) < 4.78 is 0. The van der Waals surface area contributed by atoms with Crippen LogP contribution < -0.4 is 0 Å². The molecule has 0 amide bonds. The summed E-state index contributed by atoms with van der Waals surface area (Å²) in [7, 11) is 0. The van der Waals surface area contributed by atoms with Gasteiger partial charge in [-0.1, -0.05) is 35.3 Å². The van der Waals surface area contributed by atoms with Gasteiger partial charge in [-0.2, -0.15) is 0 Å². The van der Waals surface area contributed by atoms with Crippen LogP contribution in [-0.2, 0) is 0 Å². The van der Waals surface area contributed by atoms with Gasteiger partial charge in [0, 0.05) is 22.9 Å². The maximum absolute atomic E-state index is 8.20. The molecule has 94 valence electrons. The predicted molar refractivity (Wildman–Crippen MR) is 72.9 cm³/mol. The molecule has 0 aliphatic carbocycles. The first-order valence-electron chi connectivity index (χ1n) is 5.74. The molecule has 0 aromatic heterocycles. The third-order valence-electron chi connectivity index (χ3n) is 2.59. The zero-order valence-electron chi connectivity index (χ0n) is 10.1. The predicted octanol–water partition coefficient (Wildman–Crippen LogP) is 4.56. The highest BCUT2D eigenvalue weighted by Crippen LogP contribution is 2.16. The Hall–Kier alpha value is -1.29. The van der Waals surface area contributed by atoms with Crippen LogP contribution in [0.2, 0.25) is 0 Å². The van der Waals surface area contributed by atoms with Gasteiger partial charge < -0.3 is 0 Å². The molecule has 17 heavy (non-hydrogen) atoms. The standard InChI is InChI=1S/C10H18N6S/c1-9(17)10(6-8-14-16-12)5-3-2-4-7-13-15-11/h10H,2-8H2,1H3. The molecule has 0 heterocycles. The molecule has 0 bridgehead atoms. The Bertz CT molecular complexity index is 317. The molecule has 0 saturated carbocycles. The Morgan fingerprint density at radius 3 is 2.29 bits per heavy atom. The molecule has 0 saturated heterocycles. The third-order valence-corrected chi connectivity index (χ3v) is 2.92. The van der Waals surface area contributed by atoms with Crippen molar-refractivity contribution >= 4 is 17.1 Å². The smallest absolute Gasteiger partial charge is 0.0263 e. The van der Waals surface area contributed by atoms with Crippen molar-refractivity contribution in [3.8, 4) is 0 Å². The number of nitrogens with zero attached hydrogens (tertiary/aromatic N) is 6. The lowest BCUT2D eigenvalue weighted by atomic mass is 9.95. The zero-order chi connectivity index (χ0) is 12.9. The van der Waals surface area contributed by atoms with E-state index in [-0.39, 0.29) is 0 Å². The molecule has 7 heteroatoms. The lowest BCUT2D eigenvalue weighted by Crippen LogP contribution is -2.10. The van der Waals surface area contributed by atoms with Crippen molar-refractivity contribution in [1.29, 1.82) is 0 Å². The number of thiocarbonyl (C=S) groups is 1. The second kappa shape index (κ2) is 11.2. The van der Waals surface area contributed by atoms with E-state index in [1.807, 2.05) is 6.92 Å². The van der Waals surface area contributed by atoms with Gasteiger partial charge in [-0.3, -0.25) is 0 Å². The van der Waals surface area contributed by atoms with Crippen LogP contribution in [0.5, 0.6) is 0 Å². The molecule has 1 unspecified atom stereocenters. The minimum absolute atomic E-state index is 0.356. The Kier molecular flexibility index (Phi) is 10.4. The Morgan fingerprint density at radius 2 is 1.71 bits per heavy atom. The van der Waals surface area contributed by atoms with E-state index in [4.69, 9.17) is 23.3 Å². The highest BCUT2D eigenvalue weighted by Gasteiger charge is 2.09. The Labute approximate surface area is 107 Å². The topological polar surface area (TPSA) is 97.5 Å². The normalized spacial score (nSPS) is 11.1. The first kappa shape index (κ1) is 15.7. The van der Waals surface area contributed by atoms with E-state index < -0.39 is 0 Å². The zero-order valence-corrected chi connectivity index (χ0v) is 10.9. The number of unbranched alkanes of at least 4 members (excludes halogenated alkanes) is 2. The van der Waals surface area contributed by atoms with E-state index in [9.17, 15) is 0 Å². The fourth-order valence-corrected chi connectivity index (χ4v) is 1.84. The quantitative estimate of drug-likeness (QED) is 0.184. The number of hydrogen-bond acceptors (Lipinski definition) is 3. The van der Waals surface area contributed by atoms with Crippen LogP contribution >= 0.6 is 12.2 Å². The fourth-order valence-electron chi connectivity index (χ4n) is 1.60. The maximum Gasteiger partial charge on any atom is 0.0263 e. The molecule has 1 atom stereocenters. The maximum atomic E-state index is 8.20. The highest BCUT2D eigenvalue weighted by molar-refractivity contribution is 7.80. The van der Waals surface area contributed by atoms with Crippen LogP contribution in [0.3, 0.4) is 0 Å². The van der Waals surface area contributed by atoms with Crippen LogP contribution in [0.15, 0.2) is 10.2 Å². The van der Waals surface area contributed by atoms with Crippen LogP contribution in [0.25, 0.3) is 20.9 Å². The van der Waals surface area contributed by atoms with E-state index in [0.717, 1.165) is 37.0 Å². The number of azide groups is 2. The largest absolute Gasteiger partial charge is 0.0940 e. The average molecular weight is 254 g/mol. The molecule has 6 nitrogen and oxygen atoms in total. The van der Waals surface area contributed by atoms with Gasteiger partial charge in [0.2, 0.25) is 0 Å².